The summed E-state index contributed by atoms with van der Waals surface area (Å²) >= 11 is 0. The smallest absolute Gasteiger partial charge is 0.0494 e. The normalized spacial score (nSPS) is 13.2. The number of ether oxygens (including phenoxy) is 1. The van der Waals surface area contributed by atoms with Gasteiger partial charge in [-0.15, -0.1) is 0 Å². The molecule has 12 heavy (non-hydrogen) atoms. The maximum Gasteiger partial charge on any atom is 0.0494 e. The molecule has 0 rings (SSSR count). The summed E-state index contributed by atoms with van der Waals surface area (Å²) in [4.78, 5) is 0. The van der Waals surface area contributed by atoms with Gasteiger partial charge in [0.25, 0.3) is 0 Å². The molecule has 0 aliphatic heterocycles. The van der Waals surface area contributed by atoms with Crippen LogP contribution in [0, 0.1) is 12.8 Å². The molecule has 0 aliphatic rings. The molecule has 1 atom stereocenters. The molecule has 2 radical (unpaired) electrons. The largest absolute Gasteiger partial charge is 0.381 e. The Kier molecular flexibility index (Phi) is 9.02. The summed E-state index contributed by atoms with van der Waals surface area (Å²) < 4.78 is 5.41. The van der Waals surface area contributed by atoms with Gasteiger partial charge in [-0.2, -0.15) is 0 Å². The first-order valence-corrected chi connectivity index (χ1v) is 5.12. The molecule has 0 saturated carbocycles. The van der Waals surface area contributed by atoms with E-state index in [0.717, 1.165) is 12.5 Å². The van der Waals surface area contributed by atoms with Crippen LogP contribution in [0.1, 0.15) is 46.0 Å². The zero-order valence-electron chi connectivity index (χ0n) is 8.51. The monoisotopic (exact) mass is 170 g/mol. The fourth-order valence-corrected chi connectivity index (χ4v) is 1.23. The Bertz CT molecular complexity index is 81.1. The SMILES string of the molecule is [CH]CCOCC(CC)CCCC. The molecule has 0 aromatic rings. The number of rotatable bonds is 8. The Balaban J connectivity index is 3.26. The summed E-state index contributed by atoms with van der Waals surface area (Å²) in [5.74, 6) is 0.747. The molecule has 1 heteroatoms. The molecule has 0 aromatic heterocycles. The fourth-order valence-electron chi connectivity index (χ4n) is 1.23. The summed E-state index contributed by atoms with van der Waals surface area (Å²) in [5, 5.41) is 0. The Morgan fingerprint density at radius 3 is 2.58 bits per heavy atom. The van der Waals surface area contributed by atoms with Crippen LogP contribution in [0.5, 0.6) is 0 Å². The first-order valence-electron chi connectivity index (χ1n) is 5.12. The molecule has 0 saturated heterocycles. The van der Waals surface area contributed by atoms with Gasteiger partial charge in [0, 0.05) is 13.2 Å². The van der Waals surface area contributed by atoms with E-state index in [1.807, 2.05) is 0 Å². The van der Waals surface area contributed by atoms with E-state index in [9.17, 15) is 0 Å². The van der Waals surface area contributed by atoms with E-state index in [1.54, 1.807) is 0 Å². The highest BCUT2D eigenvalue weighted by molar-refractivity contribution is 4.55. The topological polar surface area (TPSA) is 9.23 Å². The minimum atomic E-state index is 0.643. The van der Waals surface area contributed by atoms with Crippen LogP contribution in [0.2, 0.25) is 0 Å². The van der Waals surface area contributed by atoms with Crippen LogP contribution < -0.4 is 0 Å². The highest BCUT2D eigenvalue weighted by atomic mass is 16.5. The van der Waals surface area contributed by atoms with Crippen molar-refractivity contribution >= 4 is 0 Å². The molecular formula is C11H22O. The molecule has 72 valence electrons. The van der Waals surface area contributed by atoms with Gasteiger partial charge in [0.2, 0.25) is 0 Å². The standard InChI is InChI=1S/C11H22O/c1-4-7-8-11(6-3)10-12-9-5-2/h2,11H,4-10H2,1,3H3. The van der Waals surface area contributed by atoms with Crippen molar-refractivity contribution in [3.63, 3.8) is 0 Å². The third-order valence-electron chi connectivity index (χ3n) is 2.16. The van der Waals surface area contributed by atoms with E-state index in [-0.39, 0.29) is 0 Å². The minimum Gasteiger partial charge on any atom is -0.381 e. The van der Waals surface area contributed by atoms with E-state index < -0.39 is 0 Å². The van der Waals surface area contributed by atoms with Gasteiger partial charge in [-0.3, -0.25) is 0 Å². The molecule has 1 unspecified atom stereocenters. The summed E-state index contributed by atoms with van der Waals surface area (Å²) in [6.07, 6.45) is 5.78. The van der Waals surface area contributed by atoms with Gasteiger partial charge >= 0.3 is 0 Å². The zero-order valence-corrected chi connectivity index (χ0v) is 8.51. The van der Waals surface area contributed by atoms with E-state index in [2.05, 4.69) is 13.8 Å². The van der Waals surface area contributed by atoms with Crippen LogP contribution in [0.4, 0.5) is 0 Å². The summed E-state index contributed by atoms with van der Waals surface area (Å²) in [6, 6.07) is 0. The number of hydrogen-bond donors (Lipinski definition) is 0. The molecule has 0 aliphatic carbocycles. The molecule has 0 spiro atoms. The van der Waals surface area contributed by atoms with Crippen molar-refractivity contribution in [1.29, 1.82) is 0 Å². The van der Waals surface area contributed by atoms with Crippen LogP contribution in [0.3, 0.4) is 0 Å². The zero-order chi connectivity index (χ0) is 9.23. The van der Waals surface area contributed by atoms with Crippen LogP contribution >= 0.6 is 0 Å². The second kappa shape index (κ2) is 9.05. The molecular weight excluding hydrogens is 148 g/mol. The summed E-state index contributed by atoms with van der Waals surface area (Å²) in [5.41, 5.74) is 0. The third-order valence-corrected chi connectivity index (χ3v) is 2.16. The van der Waals surface area contributed by atoms with E-state index >= 15 is 0 Å². The van der Waals surface area contributed by atoms with E-state index in [0.29, 0.717) is 13.0 Å². The first-order chi connectivity index (χ1) is 5.85. The quantitative estimate of drug-likeness (QED) is 0.508. The van der Waals surface area contributed by atoms with Gasteiger partial charge < -0.3 is 4.74 Å². The van der Waals surface area contributed by atoms with Crippen LogP contribution in [0.25, 0.3) is 0 Å². The molecule has 0 bridgehead atoms. The fraction of sp³-hybridized carbons (Fsp3) is 0.909. The lowest BCUT2D eigenvalue weighted by atomic mass is 10.0. The maximum atomic E-state index is 5.41. The molecule has 0 fully saturated rings. The molecule has 0 amide bonds. The lowest BCUT2D eigenvalue weighted by Crippen LogP contribution is -2.09. The highest BCUT2D eigenvalue weighted by Gasteiger charge is 2.04. The van der Waals surface area contributed by atoms with Crippen molar-refractivity contribution in [2.45, 2.75) is 46.0 Å². The number of hydrogen-bond acceptors (Lipinski definition) is 1. The van der Waals surface area contributed by atoms with E-state index in [4.69, 9.17) is 11.7 Å². The second-order valence-corrected chi connectivity index (χ2v) is 3.28. The predicted molar refractivity (Wildman–Crippen MR) is 53.0 cm³/mol. The predicted octanol–water partition coefficient (Wildman–Crippen LogP) is 3.32. The van der Waals surface area contributed by atoms with Crippen molar-refractivity contribution in [3.8, 4) is 0 Å². The van der Waals surface area contributed by atoms with Gasteiger partial charge in [-0.25, -0.2) is 0 Å². The Hall–Kier alpha value is -0.0400. The van der Waals surface area contributed by atoms with Crippen LogP contribution in [-0.4, -0.2) is 13.2 Å². The van der Waals surface area contributed by atoms with Crippen molar-refractivity contribution < 1.29 is 4.74 Å². The van der Waals surface area contributed by atoms with Crippen molar-refractivity contribution in [3.05, 3.63) is 6.92 Å². The van der Waals surface area contributed by atoms with Crippen LogP contribution in [-0.2, 0) is 4.74 Å². The van der Waals surface area contributed by atoms with Crippen molar-refractivity contribution in [2.24, 2.45) is 5.92 Å². The van der Waals surface area contributed by atoms with Gasteiger partial charge in [-0.1, -0.05) is 33.1 Å². The van der Waals surface area contributed by atoms with Crippen molar-refractivity contribution in [2.75, 3.05) is 13.2 Å². The summed E-state index contributed by atoms with van der Waals surface area (Å²) in [7, 11) is 0. The van der Waals surface area contributed by atoms with Crippen molar-refractivity contribution in [1.82, 2.24) is 0 Å². The summed E-state index contributed by atoms with van der Waals surface area (Å²) in [6.45, 7) is 11.4. The molecule has 0 aromatic carbocycles. The average molecular weight is 170 g/mol. The van der Waals surface area contributed by atoms with Gasteiger partial charge in [0.15, 0.2) is 0 Å². The lowest BCUT2D eigenvalue weighted by Gasteiger charge is -2.13. The second-order valence-electron chi connectivity index (χ2n) is 3.28. The van der Waals surface area contributed by atoms with Crippen LogP contribution in [0.15, 0.2) is 0 Å². The third kappa shape index (κ3) is 6.66. The van der Waals surface area contributed by atoms with Gasteiger partial charge in [-0.05, 0) is 25.7 Å². The van der Waals surface area contributed by atoms with E-state index in [1.165, 1.54) is 25.7 Å². The minimum absolute atomic E-state index is 0.643. The first kappa shape index (κ1) is 12.0. The lowest BCUT2D eigenvalue weighted by molar-refractivity contribution is 0.0972. The maximum absolute atomic E-state index is 5.41. The Labute approximate surface area is 77.5 Å². The Morgan fingerprint density at radius 1 is 1.33 bits per heavy atom. The Morgan fingerprint density at radius 2 is 2.08 bits per heavy atom. The highest BCUT2D eigenvalue weighted by Crippen LogP contribution is 2.12. The number of unbranched alkanes of at least 4 members (excludes halogenated alkanes) is 1. The van der Waals surface area contributed by atoms with Gasteiger partial charge in [0.05, 0.1) is 0 Å². The molecule has 0 heterocycles. The molecule has 0 N–H and O–H groups in total. The average Bonchev–Trinajstić information content (AvgIpc) is 2.11. The molecule has 1 nitrogen and oxygen atoms in total. The van der Waals surface area contributed by atoms with Gasteiger partial charge in [0.1, 0.15) is 0 Å².